The average Bonchev–Trinajstić information content (AvgIpc) is 2.74. The zero-order valence-electron chi connectivity index (χ0n) is 9.18. The van der Waals surface area contributed by atoms with Crippen molar-refractivity contribution in [3.63, 3.8) is 0 Å². The first-order chi connectivity index (χ1) is 8.24. The fraction of sp³-hybridized carbons (Fsp3) is 0.0909. The van der Waals surface area contributed by atoms with Crippen LogP contribution in [0.1, 0.15) is 5.69 Å². The van der Waals surface area contributed by atoms with Crippen LogP contribution in [0.15, 0.2) is 24.5 Å². The standard InChI is InChI=1S/C11H10N6/c1-6-3-2-4-7(15-6)10-16-8-9(12)13-5-14-11(8)17-10/h2-5H,1H3,(H3,12,13,14,16,17). The van der Waals surface area contributed by atoms with Crippen molar-refractivity contribution in [2.45, 2.75) is 6.92 Å². The summed E-state index contributed by atoms with van der Waals surface area (Å²) >= 11 is 0. The van der Waals surface area contributed by atoms with E-state index in [-0.39, 0.29) is 0 Å². The maximum Gasteiger partial charge on any atom is 0.183 e. The topological polar surface area (TPSA) is 93.4 Å². The number of aromatic nitrogens is 5. The van der Waals surface area contributed by atoms with Gasteiger partial charge in [0.1, 0.15) is 17.5 Å². The fourth-order valence-electron chi connectivity index (χ4n) is 1.64. The predicted molar refractivity (Wildman–Crippen MR) is 64.1 cm³/mol. The molecule has 0 aliphatic heterocycles. The molecule has 0 saturated carbocycles. The lowest BCUT2D eigenvalue weighted by molar-refractivity contribution is 1.16. The summed E-state index contributed by atoms with van der Waals surface area (Å²) in [5, 5.41) is 0. The third kappa shape index (κ3) is 1.59. The molecule has 3 N–H and O–H groups in total. The third-order valence-corrected chi connectivity index (χ3v) is 2.45. The number of H-pyrrole nitrogens is 1. The Morgan fingerprint density at radius 3 is 2.82 bits per heavy atom. The molecule has 84 valence electrons. The number of imidazole rings is 1. The number of nitrogen functional groups attached to an aromatic ring is 1. The van der Waals surface area contributed by atoms with E-state index in [9.17, 15) is 0 Å². The van der Waals surface area contributed by atoms with Gasteiger partial charge in [0.2, 0.25) is 0 Å². The first kappa shape index (κ1) is 9.71. The zero-order chi connectivity index (χ0) is 11.8. The molecule has 3 aromatic heterocycles. The highest BCUT2D eigenvalue weighted by Crippen LogP contribution is 2.19. The number of nitrogens with two attached hydrogens (primary N) is 1. The molecule has 3 aromatic rings. The molecular weight excluding hydrogens is 216 g/mol. The Labute approximate surface area is 97.0 Å². The minimum absolute atomic E-state index is 0.390. The number of nitrogens with zero attached hydrogens (tertiary/aromatic N) is 4. The van der Waals surface area contributed by atoms with Gasteiger partial charge < -0.3 is 10.7 Å². The van der Waals surface area contributed by atoms with Crippen LogP contribution in [0.2, 0.25) is 0 Å². The molecule has 0 saturated heterocycles. The number of pyridine rings is 1. The smallest absolute Gasteiger partial charge is 0.183 e. The van der Waals surface area contributed by atoms with Gasteiger partial charge in [-0.05, 0) is 19.1 Å². The van der Waals surface area contributed by atoms with E-state index in [4.69, 9.17) is 5.73 Å². The van der Waals surface area contributed by atoms with Crippen molar-refractivity contribution in [3.05, 3.63) is 30.2 Å². The van der Waals surface area contributed by atoms with Gasteiger partial charge in [0.25, 0.3) is 0 Å². The van der Waals surface area contributed by atoms with Gasteiger partial charge in [-0.3, -0.25) is 0 Å². The number of anilines is 1. The molecule has 0 spiro atoms. The van der Waals surface area contributed by atoms with E-state index in [0.29, 0.717) is 22.8 Å². The van der Waals surface area contributed by atoms with E-state index in [2.05, 4.69) is 24.9 Å². The van der Waals surface area contributed by atoms with Crippen LogP contribution in [0, 0.1) is 6.92 Å². The second kappa shape index (κ2) is 3.51. The average molecular weight is 226 g/mol. The Balaban J connectivity index is 2.22. The van der Waals surface area contributed by atoms with E-state index >= 15 is 0 Å². The van der Waals surface area contributed by atoms with Crippen LogP contribution in [0.3, 0.4) is 0 Å². The molecule has 3 rings (SSSR count). The van der Waals surface area contributed by atoms with Gasteiger partial charge >= 0.3 is 0 Å². The monoisotopic (exact) mass is 226 g/mol. The van der Waals surface area contributed by atoms with Crippen molar-refractivity contribution in [3.8, 4) is 11.5 Å². The van der Waals surface area contributed by atoms with Gasteiger partial charge in [-0.1, -0.05) is 6.07 Å². The van der Waals surface area contributed by atoms with Gasteiger partial charge in [-0.15, -0.1) is 0 Å². The van der Waals surface area contributed by atoms with Gasteiger partial charge in [0, 0.05) is 5.69 Å². The van der Waals surface area contributed by atoms with Gasteiger partial charge in [0.05, 0.1) is 0 Å². The highest BCUT2D eigenvalue weighted by molar-refractivity contribution is 5.83. The van der Waals surface area contributed by atoms with Crippen molar-refractivity contribution in [1.82, 2.24) is 24.9 Å². The van der Waals surface area contributed by atoms with Gasteiger partial charge in [-0.2, -0.15) is 0 Å². The Hall–Kier alpha value is -2.50. The predicted octanol–water partition coefficient (Wildman–Crippen LogP) is 1.31. The highest BCUT2D eigenvalue weighted by atomic mass is 15.1. The molecule has 0 atom stereocenters. The van der Waals surface area contributed by atoms with Gasteiger partial charge in [0.15, 0.2) is 17.3 Å². The third-order valence-electron chi connectivity index (χ3n) is 2.45. The Bertz CT molecular complexity index is 687. The van der Waals surface area contributed by atoms with Crippen LogP contribution in [-0.4, -0.2) is 24.9 Å². The Morgan fingerprint density at radius 2 is 2.06 bits per heavy atom. The molecule has 0 radical (unpaired) electrons. The number of nitrogens with one attached hydrogen (secondary N) is 1. The van der Waals surface area contributed by atoms with Crippen molar-refractivity contribution in [2.75, 3.05) is 5.73 Å². The van der Waals surface area contributed by atoms with E-state index in [1.165, 1.54) is 6.33 Å². The minimum atomic E-state index is 0.390. The van der Waals surface area contributed by atoms with Crippen molar-refractivity contribution < 1.29 is 0 Å². The molecule has 0 bridgehead atoms. The number of fused-ring (bicyclic) bond motifs is 1. The van der Waals surface area contributed by atoms with Crippen LogP contribution in [0.25, 0.3) is 22.7 Å². The molecule has 0 aliphatic carbocycles. The summed E-state index contributed by atoms with van der Waals surface area (Å²) in [4.78, 5) is 19.8. The molecule has 0 aromatic carbocycles. The summed E-state index contributed by atoms with van der Waals surface area (Å²) < 4.78 is 0. The molecule has 6 heteroatoms. The van der Waals surface area contributed by atoms with E-state index < -0.39 is 0 Å². The molecular formula is C11H10N6. The van der Waals surface area contributed by atoms with Crippen LogP contribution < -0.4 is 5.73 Å². The summed E-state index contributed by atoms with van der Waals surface area (Å²) in [6.07, 6.45) is 1.39. The largest absolute Gasteiger partial charge is 0.382 e. The number of aromatic amines is 1. The normalized spacial score (nSPS) is 10.9. The Morgan fingerprint density at radius 1 is 1.18 bits per heavy atom. The lowest BCUT2D eigenvalue weighted by atomic mass is 10.3. The number of rotatable bonds is 1. The van der Waals surface area contributed by atoms with E-state index in [0.717, 1.165) is 11.4 Å². The minimum Gasteiger partial charge on any atom is -0.382 e. The van der Waals surface area contributed by atoms with Crippen molar-refractivity contribution >= 4 is 17.0 Å². The molecule has 0 fully saturated rings. The van der Waals surface area contributed by atoms with Crippen LogP contribution >= 0.6 is 0 Å². The Kier molecular flexibility index (Phi) is 2.01. The summed E-state index contributed by atoms with van der Waals surface area (Å²) in [5.74, 6) is 1.04. The second-order valence-corrected chi connectivity index (χ2v) is 3.71. The molecule has 0 aliphatic rings. The van der Waals surface area contributed by atoms with Crippen LogP contribution in [0.5, 0.6) is 0 Å². The lowest BCUT2D eigenvalue weighted by Gasteiger charge is -1.96. The molecule has 6 nitrogen and oxygen atoms in total. The van der Waals surface area contributed by atoms with Crippen molar-refractivity contribution in [2.24, 2.45) is 0 Å². The van der Waals surface area contributed by atoms with Crippen LogP contribution in [-0.2, 0) is 0 Å². The number of aryl methyl sites for hydroxylation is 1. The van der Waals surface area contributed by atoms with E-state index in [1.807, 2.05) is 25.1 Å². The summed E-state index contributed by atoms with van der Waals surface area (Å²) in [6, 6.07) is 5.74. The quantitative estimate of drug-likeness (QED) is 0.652. The first-order valence-electron chi connectivity index (χ1n) is 5.14. The molecule has 0 amide bonds. The lowest BCUT2D eigenvalue weighted by Crippen LogP contribution is -1.91. The molecule has 0 unspecified atom stereocenters. The van der Waals surface area contributed by atoms with Crippen LogP contribution in [0.4, 0.5) is 5.82 Å². The summed E-state index contributed by atoms with van der Waals surface area (Å²) in [5.41, 5.74) is 8.63. The van der Waals surface area contributed by atoms with Crippen molar-refractivity contribution in [1.29, 1.82) is 0 Å². The van der Waals surface area contributed by atoms with Gasteiger partial charge in [-0.25, -0.2) is 19.9 Å². The second-order valence-electron chi connectivity index (χ2n) is 3.71. The number of hydrogen-bond acceptors (Lipinski definition) is 5. The SMILES string of the molecule is Cc1cccc(-c2nc3ncnc(N)c3[nH]2)n1. The zero-order valence-corrected chi connectivity index (χ0v) is 9.18. The first-order valence-corrected chi connectivity index (χ1v) is 5.14. The number of hydrogen-bond donors (Lipinski definition) is 2. The molecule has 3 heterocycles. The summed E-state index contributed by atoms with van der Waals surface area (Å²) in [7, 11) is 0. The maximum absolute atomic E-state index is 5.73. The molecule has 17 heavy (non-hydrogen) atoms. The maximum atomic E-state index is 5.73. The summed E-state index contributed by atoms with van der Waals surface area (Å²) in [6.45, 7) is 1.93. The highest BCUT2D eigenvalue weighted by Gasteiger charge is 2.09. The fourth-order valence-corrected chi connectivity index (χ4v) is 1.64. The van der Waals surface area contributed by atoms with E-state index in [1.54, 1.807) is 0 Å².